The van der Waals surface area contributed by atoms with Crippen LogP contribution in [0.15, 0.2) is 53.6 Å². The van der Waals surface area contributed by atoms with Gasteiger partial charge in [0.05, 0.1) is 12.3 Å². The van der Waals surface area contributed by atoms with Gasteiger partial charge in [0.1, 0.15) is 11.8 Å². The monoisotopic (exact) mass is 470 g/mol. The van der Waals surface area contributed by atoms with Crippen LogP contribution in [0.5, 0.6) is 0 Å². The Morgan fingerprint density at radius 3 is 2.29 bits per heavy atom. The van der Waals surface area contributed by atoms with Crippen molar-refractivity contribution >= 4 is 29.2 Å². The van der Waals surface area contributed by atoms with Crippen molar-refractivity contribution in [3.8, 4) is 0 Å². The van der Waals surface area contributed by atoms with Crippen LogP contribution >= 0.6 is 0 Å². The zero-order valence-electron chi connectivity index (χ0n) is 18.6. The van der Waals surface area contributed by atoms with E-state index in [0.29, 0.717) is 5.69 Å². The molecule has 0 bridgehead atoms. The summed E-state index contributed by atoms with van der Waals surface area (Å²) in [7, 11) is 0. The first-order valence-corrected chi connectivity index (χ1v) is 11.0. The SMILES string of the molecule is CCOC(=O)C1=NN(c2ccccc2)C(C(=O)N2CCN(C(=O)c3ccc(F)c(F)c3)CC2)C1. The molecule has 34 heavy (non-hydrogen) atoms. The van der Waals surface area contributed by atoms with Crippen molar-refractivity contribution in [1.82, 2.24) is 9.80 Å². The van der Waals surface area contributed by atoms with Gasteiger partial charge in [-0.25, -0.2) is 13.6 Å². The zero-order valence-corrected chi connectivity index (χ0v) is 18.6. The Morgan fingerprint density at radius 2 is 1.65 bits per heavy atom. The molecule has 8 nitrogen and oxygen atoms in total. The number of piperazine rings is 1. The molecule has 4 rings (SSSR count). The lowest BCUT2D eigenvalue weighted by Gasteiger charge is -2.37. The highest BCUT2D eigenvalue weighted by molar-refractivity contribution is 6.38. The Balaban J connectivity index is 1.44. The number of hydrazone groups is 1. The topological polar surface area (TPSA) is 82.5 Å². The number of ether oxygens (including phenoxy) is 1. The third kappa shape index (κ3) is 4.75. The maximum atomic E-state index is 13.5. The van der Waals surface area contributed by atoms with Crippen molar-refractivity contribution in [3.63, 3.8) is 0 Å². The van der Waals surface area contributed by atoms with Crippen LogP contribution in [0.1, 0.15) is 23.7 Å². The molecule has 0 N–H and O–H groups in total. The Morgan fingerprint density at radius 1 is 0.971 bits per heavy atom. The molecular formula is C24H24F2N4O4. The Kier molecular flexibility index (Phi) is 6.85. The molecule has 2 aliphatic rings. The summed E-state index contributed by atoms with van der Waals surface area (Å²) in [5.74, 6) is -3.30. The second kappa shape index (κ2) is 9.98. The van der Waals surface area contributed by atoms with Crippen molar-refractivity contribution < 1.29 is 27.9 Å². The maximum absolute atomic E-state index is 13.5. The van der Waals surface area contributed by atoms with Crippen LogP contribution in [0.2, 0.25) is 0 Å². The number of halogens is 2. The van der Waals surface area contributed by atoms with Gasteiger partial charge < -0.3 is 14.5 Å². The largest absolute Gasteiger partial charge is 0.461 e. The van der Waals surface area contributed by atoms with Crippen LogP contribution in [-0.4, -0.2) is 72.1 Å². The summed E-state index contributed by atoms with van der Waals surface area (Å²) in [6.45, 7) is 2.92. The van der Waals surface area contributed by atoms with Crippen LogP contribution in [0.3, 0.4) is 0 Å². The third-order valence-electron chi connectivity index (χ3n) is 5.77. The van der Waals surface area contributed by atoms with Gasteiger partial charge in [-0.15, -0.1) is 0 Å². The van der Waals surface area contributed by atoms with E-state index in [-0.39, 0.29) is 56.4 Å². The molecule has 0 aromatic heterocycles. The Labute approximate surface area is 195 Å². The standard InChI is InChI=1S/C24H24F2N4O4/c1-2-34-24(33)20-15-21(30(27-20)17-6-4-3-5-7-17)23(32)29-12-10-28(11-13-29)22(31)16-8-9-18(25)19(26)14-16/h3-9,14,21H,2,10-13,15H2,1H3. The van der Waals surface area contributed by atoms with Gasteiger partial charge in [-0.3, -0.25) is 14.6 Å². The van der Waals surface area contributed by atoms with E-state index in [1.165, 1.54) is 16.0 Å². The van der Waals surface area contributed by atoms with Crippen molar-refractivity contribution in [3.05, 3.63) is 65.7 Å². The molecule has 0 spiro atoms. The lowest BCUT2D eigenvalue weighted by molar-refractivity contribution is -0.135. The van der Waals surface area contributed by atoms with E-state index in [2.05, 4.69) is 5.10 Å². The first-order chi connectivity index (χ1) is 16.4. The fourth-order valence-electron chi connectivity index (χ4n) is 4.01. The Bertz CT molecular complexity index is 1120. The van der Waals surface area contributed by atoms with Crippen molar-refractivity contribution in [2.24, 2.45) is 5.10 Å². The number of carbonyl (C=O) groups is 3. The maximum Gasteiger partial charge on any atom is 0.354 e. The van der Waals surface area contributed by atoms with E-state index in [1.54, 1.807) is 24.0 Å². The molecule has 0 aliphatic carbocycles. The molecule has 178 valence electrons. The molecule has 1 fully saturated rings. The van der Waals surface area contributed by atoms with Crippen LogP contribution in [-0.2, 0) is 14.3 Å². The normalized spacial score (nSPS) is 18.0. The zero-order chi connectivity index (χ0) is 24.2. The highest BCUT2D eigenvalue weighted by Gasteiger charge is 2.40. The van der Waals surface area contributed by atoms with Crippen molar-refractivity contribution in [2.75, 3.05) is 37.8 Å². The van der Waals surface area contributed by atoms with Crippen LogP contribution in [0.4, 0.5) is 14.5 Å². The van der Waals surface area contributed by atoms with Crippen molar-refractivity contribution in [2.45, 2.75) is 19.4 Å². The van der Waals surface area contributed by atoms with Crippen LogP contribution < -0.4 is 5.01 Å². The predicted molar refractivity (Wildman–Crippen MR) is 120 cm³/mol. The average Bonchev–Trinajstić information content (AvgIpc) is 3.31. The summed E-state index contributed by atoms with van der Waals surface area (Å²) < 4.78 is 31.8. The van der Waals surface area contributed by atoms with Gasteiger partial charge in [0.2, 0.25) is 5.91 Å². The summed E-state index contributed by atoms with van der Waals surface area (Å²) in [5, 5.41) is 5.90. The number of esters is 1. The van der Waals surface area contributed by atoms with Gasteiger partial charge >= 0.3 is 5.97 Å². The lowest BCUT2D eigenvalue weighted by Crippen LogP contribution is -2.54. The molecule has 2 aliphatic heterocycles. The molecular weight excluding hydrogens is 446 g/mol. The van der Waals surface area contributed by atoms with Gasteiger partial charge in [0.15, 0.2) is 11.6 Å². The van der Waals surface area contributed by atoms with E-state index in [4.69, 9.17) is 4.74 Å². The molecule has 1 unspecified atom stereocenters. The molecule has 10 heteroatoms. The van der Waals surface area contributed by atoms with Crippen LogP contribution in [0, 0.1) is 11.6 Å². The number of hydrogen-bond acceptors (Lipinski definition) is 6. The molecule has 0 saturated carbocycles. The number of benzene rings is 2. The summed E-state index contributed by atoms with van der Waals surface area (Å²) >= 11 is 0. The van der Waals surface area contributed by atoms with E-state index in [1.807, 2.05) is 18.2 Å². The van der Waals surface area contributed by atoms with E-state index >= 15 is 0 Å². The summed E-state index contributed by atoms with van der Waals surface area (Å²) in [5.41, 5.74) is 0.903. The highest BCUT2D eigenvalue weighted by Crippen LogP contribution is 2.26. The minimum atomic E-state index is -1.08. The van der Waals surface area contributed by atoms with Gasteiger partial charge in [0, 0.05) is 38.2 Å². The number of rotatable bonds is 5. The molecule has 1 saturated heterocycles. The molecule has 1 atom stereocenters. The minimum Gasteiger partial charge on any atom is -0.461 e. The third-order valence-corrected chi connectivity index (χ3v) is 5.77. The summed E-state index contributed by atoms with van der Waals surface area (Å²) in [4.78, 5) is 41.5. The van der Waals surface area contributed by atoms with Crippen molar-refractivity contribution in [1.29, 1.82) is 0 Å². The van der Waals surface area contributed by atoms with E-state index in [9.17, 15) is 23.2 Å². The summed E-state index contributed by atoms with van der Waals surface area (Å²) in [6, 6.07) is 11.4. The van der Waals surface area contributed by atoms with Gasteiger partial charge in [-0.1, -0.05) is 18.2 Å². The van der Waals surface area contributed by atoms with E-state index in [0.717, 1.165) is 12.1 Å². The minimum absolute atomic E-state index is 0.0530. The fraction of sp³-hybridized carbons (Fsp3) is 0.333. The quantitative estimate of drug-likeness (QED) is 0.627. The molecule has 2 aromatic rings. The first kappa shape index (κ1) is 23.3. The van der Waals surface area contributed by atoms with Crippen LogP contribution in [0.25, 0.3) is 0 Å². The second-order valence-corrected chi connectivity index (χ2v) is 7.91. The second-order valence-electron chi connectivity index (χ2n) is 7.91. The average molecular weight is 470 g/mol. The first-order valence-electron chi connectivity index (χ1n) is 11.0. The van der Waals surface area contributed by atoms with Gasteiger partial charge in [0.25, 0.3) is 5.91 Å². The number of amides is 2. The van der Waals surface area contributed by atoms with E-state index < -0.39 is 29.6 Å². The number of anilines is 1. The number of carbonyl (C=O) groups excluding carboxylic acids is 3. The molecule has 0 radical (unpaired) electrons. The number of para-hydroxylation sites is 1. The highest BCUT2D eigenvalue weighted by atomic mass is 19.2. The lowest BCUT2D eigenvalue weighted by atomic mass is 10.1. The smallest absolute Gasteiger partial charge is 0.354 e. The van der Waals surface area contributed by atoms with Gasteiger partial charge in [-0.2, -0.15) is 5.10 Å². The Hall–Kier alpha value is -3.82. The number of hydrogen-bond donors (Lipinski definition) is 0. The summed E-state index contributed by atoms with van der Waals surface area (Å²) in [6.07, 6.45) is 0.112. The molecule has 2 aromatic carbocycles. The number of nitrogens with zero attached hydrogens (tertiary/aromatic N) is 4. The van der Waals surface area contributed by atoms with Gasteiger partial charge in [-0.05, 0) is 37.3 Å². The molecule has 2 amide bonds. The predicted octanol–water partition coefficient (Wildman–Crippen LogP) is 2.45. The fourth-order valence-corrected chi connectivity index (χ4v) is 4.01. The molecule has 2 heterocycles.